The monoisotopic (exact) mass is 531 g/mol. The zero-order valence-corrected chi connectivity index (χ0v) is 24.3. The van der Waals surface area contributed by atoms with Crippen molar-refractivity contribution < 1.29 is 0 Å². The molecular weight excluding hydrogens is 499 g/mol. The molecule has 0 atom stereocenters. The molecule has 0 saturated heterocycles. The molecule has 0 aliphatic carbocycles. The van der Waals surface area contributed by atoms with E-state index in [-0.39, 0.29) is 0 Å². The standard InChI is InChI=1S/C38H33NSi/c1-40(2,3)36-22-20-28(21-23-36)31-16-10-17-32(24-31)33-18-11-19-34(25-33)35-26-37(29-12-6-4-7-13-29)39-38(27-35)30-14-8-5-9-15-30/h4-27H,1-3H3. The van der Waals surface area contributed by atoms with Gasteiger partial charge in [0, 0.05) is 11.1 Å². The fraction of sp³-hybridized carbons (Fsp3) is 0.0789. The Morgan fingerprint density at radius 1 is 0.350 bits per heavy atom. The Kier molecular flexibility index (Phi) is 7.02. The Labute approximate surface area is 238 Å². The zero-order valence-electron chi connectivity index (χ0n) is 23.3. The highest BCUT2D eigenvalue weighted by atomic mass is 28.3. The normalized spacial score (nSPS) is 11.4. The van der Waals surface area contributed by atoms with E-state index in [4.69, 9.17) is 4.98 Å². The molecule has 0 N–H and O–H groups in total. The van der Waals surface area contributed by atoms with Gasteiger partial charge in [0.15, 0.2) is 0 Å². The second kappa shape index (κ2) is 10.9. The molecule has 2 heteroatoms. The topological polar surface area (TPSA) is 12.9 Å². The van der Waals surface area contributed by atoms with Crippen molar-refractivity contribution in [3.05, 3.63) is 146 Å². The minimum Gasteiger partial charge on any atom is -0.248 e. The molecule has 0 fully saturated rings. The lowest BCUT2D eigenvalue weighted by molar-refractivity contribution is 1.32. The summed E-state index contributed by atoms with van der Waals surface area (Å²) in [5.74, 6) is 0. The summed E-state index contributed by atoms with van der Waals surface area (Å²) >= 11 is 0. The minimum absolute atomic E-state index is 0.978. The van der Waals surface area contributed by atoms with Gasteiger partial charge in [-0.05, 0) is 57.6 Å². The number of rotatable bonds is 6. The molecule has 40 heavy (non-hydrogen) atoms. The lowest BCUT2D eigenvalue weighted by Gasteiger charge is -2.17. The van der Waals surface area contributed by atoms with Gasteiger partial charge in [-0.2, -0.15) is 0 Å². The van der Waals surface area contributed by atoms with Crippen molar-refractivity contribution in [1.82, 2.24) is 4.98 Å². The van der Waals surface area contributed by atoms with E-state index >= 15 is 0 Å². The summed E-state index contributed by atoms with van der Waals surface area (Å²) in [7, 11) is -1.32. The van der Waals surface area contributed by atoms with Crippen LogP contribution in [0, 0.1) is 0 Å². The van der Waals surface area contributed by atoms with Crippen molar-refractivity contribution in [3.8, 4) is 55.9 Å². The molecule has 194 valence electrons. The Morgan fingerprint density at radius 3 is 1.20 bits per heavy atom. The highest BCUT2D eigenvalue weighted by Crippen LogP contribution is 2.33. The zero-order chi connectivity index (χ0) is 27.5. The van der Waals surface area contributed by atoms with E-state index in [0.717, 1.165) is 28.1 Å². The highest BCUT2D eigenvalue weighted by molar-refractivity contribution is 6.88. The van der Waals surface area contributed by atoms with Crippen molar-refractivity contribution >= 4 is 13.3 Å². The van der Waals surface area contributed by atoms with Crippen LogP contribution >= 0.6 is 0 Å². The maximum absolute atomic E-state index is 5.05. The van der Waals surface area contributed by atoms with Crippen molar-refractivity contribution in [1.29, 1.82) is 0 Å². The van der Waals surface area contributed by atoms with Crippen LogP contribution in [0.1, 0.15) is 0 Å². The summed E-state index contributed by atoms with van der Waals surface area (Å²) in [6.45, 7) is 7.18. The van der Waals surface area contributed by atoms with Gasteiger partial charge in [0.2, 0.25) is 0 Å². The molecule has 1 aromatic heterocycles. The first-order valence-corrected chi connectivity index (χ1v) is 17.4. The van der Waals surface area contributed by atoms with E-state index in [1.807, 2.05) is 12.1 Å². The third-order valence-corrected chi connectivity index (χ3v) is 9.51. The third kappa shape index (κ3) is 5.59. The van der Waals surface area contributed by atoms with Crippen LogP contribution in [0.15, 0.2) is 146 Å². The maximum Gasteiger partial charge on any atom is 0.0775 e. The molecule has 5 aromatic carbocycles. The highest BCUT2D eigenvalue weighted by Gasteiger charge is 2.16. The van der Waals surface area contributed by atoms with Crippen molar-refractivity contribution in [2.24, 2.45) is 0 Å². The lowest BCUT2D eigenvalue weighted by atomic mass is 9.95. The van der Waals surface area contributed by atoms with Crippen LogP contribution in [0.25, 0.3) is 55.9 Å². The molecule has 0 unspecified atom stereocenters. The van der Waals surface area contributed by atoms with Crippen LogP contribution in [-0.2, 0) is 0 Å². The van der Waals surface area contributed by atoms with Crippen molar-refractivity contribution in [2.75, 3.05) is 0 Å². The van der Waals surface area contributed by atoms with Gasteiger partial charge >= 0.3 is 0 Å². The molecule has 6 aromatic rings. The van der Waals surface area contributed by atoms with Crippen molar-refractivity contribution in [3.63, 3.8) is 0 Å². The van der Waals surface area contributed by atoms with Crippen LogP contribution in [0.5, 0.6) is 0 Å². The van der Waals surface area contributed by atoms with E-state index < -0.39 is 8.07 Å². The summed E-state index contributed by atoms with van der Waals surface area (Å²) in [5, 5.41) is 1.49. The fourth-order valence-electron chi connectivity index (χ4n) is 5.13. The molecule has 0 aliphatic heterocycles. The molecule has 0 radical (unpaired) electrons. The van der Waals surface area contributed by atoms with Crippen LogP contribution in [0.2, 0.25) is 19.6 Å². The first-order chi connectivity index (χ1) is 19.4. The lowest BCUT2D eigenvalue weighted by Crippen LogP contribution is -2.37. The number of benzene rings is 5. The van der Waals surface area contributed by atoms with Crippen LogP contribution < -0.4 is 5.19 Å². The van der Waals surface area contributed by atoms with Gasteiger partial charge in [-0.1, -0.05) is 146 Å². The number of pyridine rings is 1. The fourth-order valence-corrected chi connectivity index (χ4v) is 6.30. The van der Waals surface area contributed by atoms with Crippen LogP contribution in [0.4, 0.5) is 0 Å². The predicted molar refractivity (Wildman–Crippen MR) is 174 cm³/mol. The molecule has 0 spiro atoms. The molecule has 0 bridgehead atoms. The summed E-state index contributed by atoms with van der Waals surface area (Å²) in [5.41, 5.74) is 11.5. The second-order valence-corrected chi connectivity index (χ2v) is 16.4. The predicted octanol–water partition coefficient (Wildman–Crippen LogP) is 9.96. The summed E-state index contributed by atoms with van der Waals surface area (Å²) in [6.07, 6.45) is 0. The van der Waals surface area contributed by atoms with E-state index in [1.165, 1.54) is 33.0 Å². The van der Waals surface area contributed by atoms with Crippen LogP contribution in [-0.4, -0.2) is 13.1 Å². The number of hydrogen-bond donors (Lipinski definition) is 0. The maximum atomic E-state index is 5.05. The van der Waals surface area contributed by atoms with Gasteiger partial charge in [-0.15, -0.1) is 0 Å². The molecule has 1 heterocycles. The largest absolute Gasteiger partial charge is 0.248 e. The average Bonchev–Trinajstić information content (AvgIpc) is 3.01. The van der Waals surface area contributed by atoms with Crippen LogP contribution in [0.3, 0.4) is 0 Å². The molecular formula is C38H33NSi. The first kappa shape index (κ1) is 25.7. The van der Waals surface area contributed by atoms with Gasteiger partial charge < -0.3 is 0 Å². The summed E-state index contributed by atoms with van der Waals surface area (Å²) in [6, 6.07) is 52.2. The van der Waals surface area contributed by atoms with Gasteiger partial charge in [0.05, 0.1) is 19.5 Å². The van der Waals surface area contributed by atoms with E-state index in [2.05, 4.69) is 153 Å². The van der Waals surface area contributed by atoms with E-state index in [0.29, 0.717) is 0 Å². The molecule has 1 nitrogen and oxygen atoms in total. The Bertz CT molecular complexity index is 1690. The number of nitrogens with zero attached hydrogens (tertiary/aromatic N) is 1. The number of hydrogen-bond acceptors (Lipinski definition) is 1. The minimum atomic E-state index is -1.32. The Morgan fingerprint density at radius 2 is 0.750 bits per heavy atom. The SMILES string of the molecule is C[Si](C)(C)c1ccc(-c2cccc(-c3cccc(-c4cc(-c5ccccc5)nc(-c5ccccc5)c4)c3)c2)cc1. The third-order valence-electron chi connectivity index (χ3n) is 7.44. The van der Waals surface area contributed by atoms with E-state index in [9.17, 15) is 0 Å². The Balaban J connectivity index is 1.39. The van der Waals surface area contributed by atoms with Gasteiger partial charge in [-0.3, -0.25) is 0 Å². The van der Waals surface area contributed by atoms with Gasteiger partial charge in [-0.25, -0.2) is 4.98 Å². The molecule has 0 aliphatic rings. The smallest absolute Gasteiger partial charge is 0.0775 e. The molecule has 6 rings (SSSR count). The Hall–Kier alpha value is -4.53. The molecule has 0 saturated carbocycles. The van der Waals surface area contributed by atoms with Crippen molar-refractivity contribution in [2.45, 2.75) is 19.6 Å². The quantitative estimate of drug-likeness (QED) is 0.195. The summed E-state index contributed by atoms with van der Waals surface area (Å²) in [4.78, 5) is 5.05. The first-order valence-electron chi connectivity index (χ1n) is 13.9. The molecule has 0 amide bonds. The second-order valence-electron chi connectivity index (χ2n) is 11.3. The van der Waals surface area contributed by atoms with Gasteiger partial charge in [0.25, 0.3) is 0 Å². The average molecular weight is 532 g/mol. The number of aromatic nitrogens is 1. The van der Waals surface area contributed by atoms with E-state index in [1.54, 1.807) is 0 Å². The summed E-state index contributed by atoms with van der Waals surface area (Å²) < 4.78 is 0. The van der Waals surface area contributed by atoms with Gasteiger partial charge in [0.1, 0.15) is 0 Å².